The summed E-state index contributed by atoms with van der Waals surface area (Å²) in [4.78, 5) is 14.4. The number of carbonyl (C=O) groups is 1. The Kier molecular flexibility index (Phi) is 5.23. The third-order valence-electron chi connectivity index (χ3n) is 4.68. The summed E-state index contributed by atoms with van der Waals surface area (Å²) in [6, 6.07) is 6.13. The Morgan fingerprint density at radius 1 is 1.38 bits per heavy atom. The molecule has 0 aromatic heterocycles. The maximum atomic E-state index is 12.2. The second-order valence-electron chi connectivity index (χ2n) is 6.31. The molecule has 2 rings (SSSR count). The number of anilines is 2. The van der Waals surface area contributed by atoms with Crippen LogP contribution in [-0.4, -0.2) is 30.4 Å². The zero-order chi connectivity index (χ0) is 15.4. The Bertz CT molecular complexity index is 501. The first-order valence-electron chi connectivity index (χ1n) is 7.84. The Morgan fingerprint density at radius 3 is 2.81 bits per heavy atom. The fraction of sp³-hybridized carbons (Fsp3) is 0.588. The van der Waals surface area contributed by atoms with E-state index < -0.39 is 0 Å². The zero-order valence-electron chi connectivity index (χ0n) is 13.4. The van der Waals surface area contributed by atoms with E-state index in [9.17, 15) is 4.79 Å². The summed E-state index contributed by atoms with van der Waals surface area (Å²) < 4.78 is 0. The molecule has 1 fully saturated rings. The standard InChI is InChI=1S/C17H27N3O/c1-12-7-4-5-10-16(12)20(3)11-17(21)19-15-9-6-8-14(18)13(15)2/h6,8-9,12,16H,4-5,7,10-11,18H2,1-3H3,(H,19,21). The monoisotopic (exact) mass is 289 g/mol. The quantitative estimate of drug-likeness (QED) is 0.838. The van der Waals surface area contributed by atoms with Crippen LogP contribution in [0.4, 0.5) is 11.4 Å². The maximum Gasteiger partial charge on any atom is 0.238 e. The van der Waals surface area contributed by atoms with Gasteiger partial charge in [0.25, 0.3) is 0 Å². The molecule has 1 aromatic rings. The first-order valence-corrected chi connectivity index (χ1v) is 7.84. The Balaban J connectivity index is 1.93. The molecule has 21 heavy (non-hydrogen) atoms. The number of nitrogens with one attached hydrogen (secondary N) is 1. The summed E-state index contributed by atoms with van der Waals surface area (Å²) in [7, 11) is 2.05. The summed E-state index contributed by atoms with van der Waals surface area (Å²) >= 11 is 0. The number of carbonyl (C=O) groups excluding carboxylic acids is 1. The van der Waals surface area contributed by atoms with Crippen molar-refractivity contribution in [1.82, 2.24) is 4.90 Å². The molecule has 1 saturated carbocycles. The van der Waals surface area contributed by atoms with Crippen molar-refractivity contribution in [2.45, 2.75) is 45.6 Å². The van der Waals surface area contributed by atoms with Crippen LogP contribution in [-0.2, 0) is 4.79 Å². The molecule has 116 valence electrons. The predicted octanol–water partition coefficient (Wildman–Crippen LogP) is 3.03. The van der Waals surface area contributed by atoms with Crippen molar-refractivity contribution in [2.75, 3.05) is 24.6 Å². The molecule has 0 heterocycles. The van der Waals surface area contributed by atoms with E-state index in [-0.39, 0.29) is 5.91 Å². The molecule has 1 aliphatic carbocycles. The number of nitrogens with two attached hydrogens (primary N) is 1. The number of hydrogen-bond donors (Lipinski definition) is 2. The highest BCUT2D eigenvalue weighted by molar-refractivity contribution is 5.93. The van der Waals surface area contributed by atoms with Crippen molar-refractivity contribution < 1.29 is 4.79 Å². The summed E-state index contributed by atoms with van der Waals surface area (Å²) in [6.45, 7) is 4.65. The SMILES string of the molecule is Cc1c(N)cccc1NC(=O)CN(C)C1CCCCC1C. The average molecular weight is 289 g/mol. The lowest BCUT2D eigenvalue weighted by molar-refractivity contribution is -0.117. The summed E-state index contributed by atoms with van der Waals surface area (Å²) in [5, 5.41) is 2.98. The summed E-state index contributed by atoms with van der Waals surface area (Å²) in [5.41, 5.74) is 8.32. The number of likely N-dealkylation sites (N-methyl/N-ethyl adjacent to an activating group) is 1. The molecule has 0 saturated heterocycles. The zero-order valence-corrected chi connectivity index (χ0v) is 13.4. The Labute approximate surface area is 127 Å². The van der Waals surface area contributed by atoms with Crippen LogP contribution in [0.2, 0.25) is 0 Å². The normalized spacial score (nSPS) is 22.3. The van der Waals surface area contributed by atoms with Crippen molar-refractivity contribution in [3.63, 3.8) is 0 Å². The van der Waals surface area contributed by atoms with Gasteiger partial charge < -0.3 is 11.1 Å². The second-order valence-corrected chi connectivity index (χ2v) is 6.31. The number of nitrogens with zero attached hydrogens (tertiary/aromatic N) is 1. The largest absolute Gasteiger partial charge is 0.398 e. The van der Waals surface area contributed by atoms with Crippen molar-refractivity contribution in [1.29, 1.82) is 0 Å². The molecule has 3 N–H and O–H groups in total. The van der Waals surface area contributed by atoms with Crippen LogP contribution in [0.15, 0.2) is 18.2 Å². The third kappa shape index (κ3) is 3.97. The van der Waals surface area contributed by atoms with Crippen molar-refractivity contribution in [3.05, 3.63) is 23.8 Å². The van der Waals surface area contributed by atoms with Gasteiger partial charge in [-0.15, -0.1) is 0 Å². The van der Waals surface area contributed by atoms with Gasteiger partial charge >= 0.3 is 0 Å². The first-order chi connectivity index (χ1) is 9.99. The minimum absolute atomic E-state index is 0.0315. The van der Waals surface area contributed by atoms with Crippen LogP contribution in [0, 0.1) is 12.8 Å². The first kappa shape index (κ1) is 15.8. The molecule has 0 radical (unpaired) electrons. The van der Waals surface area contributed by atoms with Gasteiger partial charge in [-0.3, -0.25) is 9.69 Å². The van der Waals surface area contributed by atoms with Crippen LogP contribution in [0.1, 0.15) is 38.2 Å². The lowest BCUT2D eigenvalue weighted by Crippen LogP contribution is -2.42. The number of rotatable bonds is 4. The van der Waals surface area contributed by atoms with Crippen molar-refractivity contribution >= 4 is 17.3 Å². The molecule has 0 spiro atoms. The molecule has 2 atom stereocenters. The summed E-state index contributed by atoms with van der Waals surface area (Å²) in [5.74, 6) is 0.703. The van der Waals surface area contributed by atoms with Crippen LogP contribution >= 0.6 is 0 Å². The van der Waals surface area contributed by atoms with Gasteiger partial charge in [0.1, 0.15) is 0 Å². The second kappa shape index (κ2) is 6.94. The highest BCUT2D eigenvalue weighted by Crippen LogP contribution is 2.27. The minimum Gasteiger partial charge on any atom is -0.398 e. The lowest BCUT2D eigenvalue weighted by atomic mass is 9.85. The lowest BCUT2D eigenvalue weighted by Gasteiger charge is -2.35. The molecule has 4 nitrogen and oxygen atoms in total. The van der Waals surface area contributed by atoms with Crippen LogP contribution in [0.25, 0.3) is 0 Å². The number of amides is 1. The molecule has 4 heteroatoms. The fourth-order valence-corrected chi connectivity index (χ4v) is 3.27. The fourth-order valence-electron chi connectivity index (χ4n) is 3.27. The highest BCUT2D eigenvalue weighted by Gasteiger charge is 2.26. The number of hydrogen-bond acceptors (Lipinski definition) is 3. The van der Waals surface area contributed by atoms with E-state index in [0.29, 0.717) is 24.2 Å². The van der Waals surface area contributed by atoms with Gasteiger partial charge in [0.15, 0.2) is 0 Å². The molecule has 2 unspecified atom stereocenters. The maximum absolute atomic E-state index is 12.2. The van der Waals surface area contributed by atoms with Crippen LogP contribution in [0.3, 0.4) is 0 Å². The molecule has 0 bridgehead atoms. The van der Waals surface area contributed by atoms with Gasteiger partial charge in [-0.2, -0.15) is 0 Å². The average Bonchev–Trinajstić information content (AvgIpc) is 2.44. The number of benzene rings is 1. The van der Waals surface area contributed by atoms with E-state index in [1.54, 1.807) is 0 Å². The smallest absolute Gasteiger partial charge is 0.238 e. The van der Waals surface area contributed by atoms with E-state index in [1.807, 2.05) is 25.1 Å². The Hall–Kier alpha value is -1.55. The Morgan fingerprint density at radius 2 is 2.10 bits per heavy atom. The molecular weight excluding hydrogens is 262 g/mol. The topological polar surface area (TPSA) is 58.4 Å². The van der Waals surface area contributed by atoms with Gasteiger partial charge in [0.2, 0.25) is 5.91 Å². The van der Waals surface area contributed by atoms with Crippen LogP contribution in [0.5, 0.6) is 0 Å². The van der Waals surface area contributed by atoms with E-state index in [0.717, 1.165) is 11.3 Å². The van der Waals surface area contributed by atoms with Crippen molar-refractivity contribution in [2.24, 2.45) is 5.92 Å². The molecule has 1 aromatic carbocycles. The van der Waals surface area contributed by atoms with Gasteiger partial charge in [-0.05, 0) is 50.4 Å². The van der Waals surface area contributed by atoms with Gasteiger partial charge in [-0.1, -0.05) is 25.8 Å². The van der Waals surface area contributed by atoms with Gasteiger partial charge in [0, 0.05) is 17.4 Å². The van der Waals surface area contributed by atoms with E-state index in [2.05, 4.69) is 24.2 Å². The third-order valence-corrected chi connectivity index (χ3v) is 4.68. The van der Waals surface area contributed by atoms with E-state index in [4.69, 9.17) is 5.73 Å². The minimum atomic E-state index is 0.0315. The number of nitrogen functional groups attached to an aromatic ring is 1. The molecular formula is C17H27N3O. The summed E-state index contributed by atoms with van der Waals surface area (Å²) in [6.07, 6.45) is 5.06. The highest BCUT2D eigenvalue weighted by atomic mass is 16.2. The van der Waals surface area contributed by atoms with Crippen LogP contribution < -0.4 is 11.1 Å². The van der Waals surface area contributed by atoms with Crippen molar-refractivity contribution in [3.8, 4) is 0 Å². The molecule has 1 aliphatic rings. The van der Waals surface area contributed by atoms with Gasteiger partial charge in [0.05, 0.1) is 6.54 Å². The van der Waals surface area contributed by atoms with Gasteiger partial charge in [-0.25, -0.2) is 0 Å². The molecule has 0 aliphatic heterocycles. The molecule has 1 amide bonds. The van der Waals surface area contributed by atoms with E-state index >= 15 is 0 Å². The van der Waals surface area contributed by atoms with E-state index in [1.165, 1.54) is 25.7 Å². The predicted molar refractivity (Wildman–Crippen MR) is 88.3 cm³/mol.